The van der Waals surface area contributed by atoms with E-state index in [0.717, 1.165) is 49.9 Å². The van der Waals surface area contributed by atoms with E-state index in [4.69, 9.17) is 26.8 Å². The maximum absolute atomic E-state index is 13.0. The number of primary amides is 1. The van der Waals surface area contributed by atoms with Crippen molar-refractivity contribution >= 4 is 63.8 Å². The highest BCUT2D eigenvalue weighted by atomic mass is 35.5. The van der Waals surface area contributed by atoms with Gasteiger partial charge in [0.15, 0.2) is 34.7 Å². The maximum atomic E-state index is 13.0. The predicted octanol–water partition coefficient (Wildman–Crippen LogP) is 8.38. The third kappa shape index (κ3) is 11.9. The number of amides is 4. The summed E-state index contributed by atoms with van der Waals surface area (Å²) in [5.74, 6) is 2.83. The number of aromatic nitrogens is 8. The lowest BCUT2D eigenvalue weighted by molar-refractivity contribution is 0.0665. The molecule has 71 heavy (non-hydrogen) atoms. The molecule has 21 heteroatoms. The van der Waals surface area contributed by atoms with E-state index < -0.39 is 0 Å². The first kappa shape index (κ1) is 49.8. The van der Waals surface area contributed by atoms with Crippen molar-refractivity contribution in [1.82, 2.24) is 49.3 Å². The zero-order chi connectivity index (χ0) is 50.8. The van der Waals surface area contributed by atoms with Gasteiger partial charge < -0.3 is 35.6 Å². The first-order valence-electron chi connectivity index (χ1n) is 23.3. The number of nitrogens with two attached hydrogens (primary N) is 1. The summed E-state index contributed by atoms with van der Waals surface area (Å²) in [6, 6.07) is 14.1. The van der Waals surface area contributed by atoms with Crippen molar-refractivity contribution in [3.8, 4) is 34.3 Å². The van der Waals surface area contributed by atoms with E-state index in [1.54, 1.807) is 72.3 Å². The summed E-state index contributed by atoms with van der Waals surface area (Å²) in [7, 11) is 6.77. The molecule has 2 aromatic carbocycles. The van der Waals surface area contributed by atoms with E-state index >= 15 is 0 Å². The summed E-state index contributed by atoms with van der Waals surface area (Å²) in [4.78, 5) is 69.1. The van der Waals surface area contributed by atoms with Crippen molar-refractivity contribution in [2.24, 2.45) is 42.5 Å². The van der Waals surface area contributed by atoms with Crippen molar-refractivity contribution in [3.63, 3.8) is 0 Å². The number of para-hydroxylation sites is 2. The molecule has 4 aliphatic rings. The van der Waals surface area contributed by atoms with Gasteiger partial charge in [0.25, 0.3) is 0 Å². The van der Waals surface area contributed by atoms with Gasteiger partial charge in [-0.15, -0.1) is 0 Å². The summed E-state index contributed by atoms with van der Waals surface area (Å²) in [6.45, 7) is 11.5. The van der Waals surface area contributed by atoms with E-state index in [2.05, 4.69) is 73.8 Å². The van der Waals surface area contributed by atoms with Gasteiger partial charge in [0.2, 0.25) is 0 Å². The number of ether oxygens (including phenoxy) is 2. The smallest absolute Gasteiger partial charge is 0.323 e. The molecule has 0 radical (unpaired) electrons. The number of Topliss-reactive ketones (excluding diaryl/α,β-unsaturated/α-hetero) is 2. The van der Waals surface area contributed by atoms with Crippen LogP contribution in [0, 0.1) is 22.7 Å². The van der Waals surface area contributed by atoms with Crippen LogP contribution in [0.15, 0.2) is 73.6 Å². The number of ketones is 2. The second kappa shape index (κ2) is 20.4. The van der Waals surface area contributed by atoms with Gasteiger partial charge in [-0.05, 0) is 56.0 Å². The van der Waals surface area contributed by atoms with Crippen molar-refractivity contribution in [1.29, 1.82) is 0 Å². The number of pyridine rings is 2. The number of methoxy groups -OCH3 is 2. The zero-order valence-electron chi connectivity index (χ0n) is 41.1. The van der Waals surface area contributed by atoms with Crippen molar-refractivity contribution in [2.45, 2.75) is 53.4 Å². The Balaban J connectivity index is 0.000000166. The third-order valence-electron chi connectivity index (χ3n) is 12.2. The molecule has 20 nitrogen and oxygen atoms in total. The molecule has 6 heterocycles. The van der Waals surface area contributed by atoms with Crippen LogP contribution in [0.5, 0.6) is 11.5 Å². The fourth-order valence-corrected chi connectivity index (χ4v) is 8.58. The molecule has 2 saturated carbocycles. The number of aryl methyl sites for hydroxylation is 2. The van der Waals surface area contributed by atoms with Gasteiger partial charge in [-0.25, -0.2) is 29.5 Å². The standard InChI is InChI=1S/C25H29N7O3.C19H18ClN5O2.C6H12N2O/c1-25(2)12-32(13-25)24(34)29-20-10-19(17(11-26-20)21(33)15-8-9-15)28-18-7-5-6-16(22(18)35-4)23-27-14-31(3)30-23;1-25-10-22-19(24-25)12-4-3-5-14(18(12)27-2)23-15-8-16(20)21-9-13(15)17(26)11-6-7-11;1-6(2)3-8(4-6)5(7)9/h5-7,10-11,14-15H,8-9,12-13H2,1-4H3,(H2,26,28,29,34);3-5,8-11H,6-7H2,1-2H3,(H,21,23);3-4H2,1-2H3,(H2,7,9). The summed E-state index contributed by atoms with van der Waals surface area (Å²) >= 11 is 6.07. The lowest BCUT2D eigenvalue weighted by Crippen LogP contribution is -2.57. The van der Waals surface area contributed by atoms with Crippen LogP contribution in [0.3, 0.4) is 0 Å². The molecule has 0 unspecified atom stereocenters. The fourth-order valence-electron chi connectivity index (χ4n) is 8.42. The maximum Gasteiger partial charge on any atom is 0.323 e. The Kier molecular flexibility index (Phi) is 14.3. The minimum Gasteiger partial charge on any atom is -0.494 e. The Morgan fingerprint density at radius 1 is 0.648 bits per heavy atom. The Bertz CT molecular complexity index is 2960. The van der Waals surface area contributed by atoms with Crippen LogP contribution in [0.2, 0.25) is 5.15 Å². The van der Waals surface area contributed by atoms with E-state index in [9.17, 15) is 19.2 Å². The molecule has 4 aromatic heterocycles. The molecule has 5 N–H and O–H groups in total. The lowest BCUT2D eigenvalue weighted by Gasteiger charge is -2.45. The fraction of sp³-hybridized carbons (Fsp3) is 0.400. The van der Waals surface area contributed by atoms with Gasteiger partial charge in [0.05, 0.1) is 59.2 Å². The van der Waals surface area contributed by atoms with Gasteiger partial charge in [0.1, 0.15) is 23.6 Å². The molecule has 0 spiro atoms. The molecule has 0 atom stereocenters. The van der Waals surface area contributed by atoms with Gasteiger partial charge in [-0.3, -0.25) is 24.3 Å². The second-order valence-corrected chi connectivity index (χ2v) is 20.1. The Morgan fingerprint density at radius 3 is 1.49 bits per heavy atom. The molecular weight excluding hydrogens is 928 g/mol. The lowest BCUT2D eigenvalue weighted by atomic mass is 9.85. The topological polar surface area (TPSA) is 243 Å². The summed E-state index contributed by atoms with van der Waals surface area (Å²) in [5.41, 5.74) is 10.4. The van der Waals surface area contributed by atoms with Crippen LogP contribution in [-0.2, 0) is 14.1 Å². The number of rotatable bonds is 13. The molecule has 4 amide bonds. The number of likely N-dealkylation sites (tertiary alicyclic amines) is 2. The van der Waals surface area contributed by atoms with Crippen LogP contribution < -0.4 is 31.2 Å². The average Bonchev–Trinajstić information content (AvgIpc) is 4.26. The average molecular weight is 988 g/mol. The first-order valence-corrected chi connectivity index (χ1v) is 23.6. The highest BCUT2D eigenvalue weighted by Gasteiger charge is 2.38. The van der Waals surface area contributed by atoms with E-state index in [1.807, 2.05) is 36.4 Å². The first-order chi connectivity index (χ1) is 33.8. The Labute approximate surface area is 416 Å². The van der Waals surface area contributed by atoms with Gasteiger partial charge in [-0.1, -0.05) is 51.4 Å². The van der Waals surface area contributed by atoms with Crippen LogP contribution in [0.1, 0.15) is 74.1 Å². The Hall–Kier alpha value is -7.61. The third-order valence-corrected chi connectivity index (χ3v) is 12.4. The van der Waals surface area contributed by atoms with Crippen molar-refractivity contribution in [2.75, 3.05) is 56.3 Å². The number of hydrogen-bond donors (Lipinski definition) is 4. The van der Waals surface area contributed by atoms with Crippen molar-refractivity contribution in [3.05, 3.63) is 89.9 Å². The normalized spacial score (nSPS) is 16.1. The minimum atomic E-state index is -0.297. The molecule has 10 rings (SSSR count). The van der Waals surface area contributed by atoms with Crippen molar-refractivity contribution < 1.29 is 28.7 Å². The monoisotopic (exact) mass is 986 g/mol. The second-order valence-electron chi connectivity index (χ2n) is 19.8. The summed E-state index contributed by atoms with van der Waals surface area (Å²) in [5, 5.41) is 18.5. The van der Waals surface area contributed by atoms with Crippen LogP contribution in [-0.4, -0.2) is 113 Å². The SMILES string of the molecule is CC1(C)CN(C(N)=O)C1.COc1c(Nc2cc(Cl)ncc2C(=O)C2CC2)cccc1-c1ncn(C)n1.COc1c(Nc2cc(NC(=O)N3CC(C)(C)C3)ncc2C(=O)C2CC2)cccc1-c1ncn(C)n1. The molecule has 2 aliphatic heterocycles. The molecule has 4 fully saturated rings. The summed E-state index contributed by atoms with van der Waals surface area (Å²) < 4.78 is 14.6. The predicted molar refractivity (Wildman–Crippen MR) is 269 cm³/mol. The van der Waals surface area contributed by atoms with Gasteiger partial charge in [0, 0.05) is 81.4 Å². The van der Waals surface area contributed by atoms with Crippen LogP contribution >= 0.6 is 11.6 Å². The number of carbonyl (C=O) groups excluding carboxylic acids is 4. The van der Waals surface area contributed by atoms with Gasteiger partial charge >= 0.3 is 12.1 Å². The largest absolute Gasteiger partial charge is 0.494 e. The van der Waals surface area contributed by atoms with E-state index in [0.29, 0.717) is 86.5 Å². The molecular formula is C50H59ClN14O6. The summed E-state index contributed by atoms with van der Waals surface area (Å²) in [6.07, 6.45) is 9.92. The highest BCUT2D eigenvalue weighted by molar-refractivity contribution is 6.30. The minimum absolute atomic E-state index is 0.0204. The molecule has 2 aliphatic carbocycles. The number of nitrogens with zero attached hydrogens (tertiary/aromatic N) is 10. The number of anilines is 5. The molecule has 372 valence electrons. The number of carbonyl (C=O) groups is 4. The number of urea groups is 2. The number of halogens is 1. The molecule has 2 saturated heterocycles. The van der Waals surface area contributed by atoms with Crippen LogP contribution in [0.4, 0.5) is 38.2 Å². The Morgan fingerprint density at radius 2 is 1.10 bits per heavy atom. The highest BCUT2D eigenvalue weighted by Crippen LogP contribution is 2.42. The number of benzene rings is 2. The number of hydrogen-bond acceptors (Lipinski definition) is 14. The molecule has 0 bridgehead atoms. The van der Waals surface area contributed by atoms with E-state index in [1.165, 1.54) is 12.4 Å². The van der Waals surface area contributed by atoms with E-state index in [-0.39, 0.29) is 40.9 Å². The quantitative estimate of drug-likeness (QED) is 0.0628. The molecule has 6 aromatic rings. The van der Waals surface area contributed by atoms with Crippen LogP contribution in [0.25, 0.3) is 22.8 Å². The van der Waals surface area contributed by atoms with Gasteiger partial charge in [-0.2, -0.15) is 10.2 Å². The number of nitrogens with one attached hydrogen (secondary N) is 3. The zero-order valence-corrected chi connectivity index (χ0v) is 41.9.